The minimum Gasteiger partial charge on any atom is -0.497 e. The minimum atomic E-state index is -0.658. The SMILES string of the molecule is CCNC(=O)C1=Cc2ccc(OC)cc2OC1c1cc(OC)c(OC)c(OC)c1. The van der Waals surface area contributed by atoms with E-state index in [9.17, 15) is 4.79 Å². The van der Waals surface area contributed by atoms with Crippen LogP contribution in [0.1, 0.15) is 24.2 Å². The topological polar surface area (TPSA) is 75.3 Å². The van der Waals surface area contributed by atoms with Gasteiger partial charge in [0.25, 0.3) is 5.91 Å². The highest BCUT2D eigenvalue weighted by atomic mass is 16.5. The molecule has 1 unspecified atom stereocenters. The van der Waals surface area contributed by atoms with Crippen molar-refractivity contribution in [1.82, 2.24) is 5.32 Å². The van der Waals surface area contributed by atoms with Crippen molar-refractivity contribution in [1.29, 1.82) is 0 Å². The van der Waals surface area contributed by atoms with Gasteiger partial charge in [0.1, 0.15) is 11.5 Å². The molecule has 2 aromatic rings. The first-order valence-electron chi connectivity index (χ1n) is 9.20. The van der Waals surface area contributed by atoms with Crippen LogP contribution in [0.5, 0.6) is 28.7 Å². The molecule has 0 fully saturated rings. The van der Waals surface area contributed by atoms with E-state index < -0.39 is 6.10 Å². The molecule has 1 aliphatic heterocycles. The highest BCUT2D eigenvalue weighted by molar-refractivity contribution is 6.00. The molecule has 2 aromatic carbocycles. The zero-order chi connectivity index (χ0) is 21.0. The zero-order valence-corrected chi connectivity index (χ0v) is 17.2. The highest BCUT2D eigenvalue weighted by Crippen LogP contribution is 2.44. The minimum absolute atomic E-state index is 0.201. The van der Waals surface area contributed by atoms with Gasteiger partial charge in [-0.15, -0.1) is 0 Å². The summed E-state index contributed by atoms with van der Waals surface area (Å²) in [5, 5.41) is 2.85. The normalized spacial score (nSPS) is 14.8. The number of ether oxygens (including phenoxy) is 5. The molecule has 7 heteroatoms. The maximum Gasteiger partial charge on any atom is 0.251 e. The van der Waals surface area contributed by atoms with E-state index in [0.717, 1.165) is 5.56 Å². The van der Waals surface area contributed by atoms with E-state index in [-0.39, 0.29) is 5.91 Å². The number of nitrogens with one attached hydrogen (secondary N) is 1. The molecule has 1 amide bonds. The molecule has 1 N–H and O–H groups in total. The Kier molecular flexibility index (Phi) is 6.16. The van der Waals surface area contributed by atoms with Crippen molar-refractivity contribution in [2.45, 2.75) is 13.0 Å². The molecular formula is C22H25NO6. The van der Waals surface area contributed by atoms with E-state index in [0.29, 0.717) is 46.4 Å². The van der Waals surface area contributed by atoms with Gasteiger partial charge in [-0.25, -0.2) is 0 Å². The first kappa shape index (κ1) is 20.4. The number of amides is 1. The van der Waals surface area contributed by atoms with E-state index >= 15 is 0 Å². The summed E-state index contributed by atoms with van der Waals surface area (Å²) >= 11 is 0. The van der Waals surface area contributed by atoms with Crippen LogP contribution in [0.25, 0.3) is 6.08 Å². The fourth-order valence-electron chi connectivity index (χ4n) is 3.24. The fourth-order valence-corrected chi connectivity index (χ4v) is 3.24. The predicted molar refractivity (Wildman–Crippen MR) is 109 cm³/mol. The molecule has 0 radical (unpaired) electrons. The van der Waals surface area contributed by atoms with Crippen molar-refractivity contribution in [3.05, 3.63) is 47.0 Å². The number of hydrogen-bond donors (Lipinski definition) is 1. The number of hydrogen-bond acceptors (Lipinski definition) is 6. The van der Waals surface area contributed by atoms with Crippen molar-refractivity contribution < 1.29 is 28.5 Å². The highest BCUT2D eigenvalue weighted by Gasteiger charge is 2.31. The van der Waals surface area contributed by atoms with Gasteiger partial charge in [0.05, 0.1) is 34.0 Å². The molecule has 7 nitrogen and oxygen atoms in total. The molecular weight excluding hydrogens is 374 g/mol. The van der Waals surface area contributed by atoms with E-state index in [1.54, 1.807) is 46.6 Å². The third kappa shape index (κ3) is 3.94. The van der Waals surface area contributed by atoms with E-state index in [1.165, 1.54) is 0 Å². The first-order chi connectivity index (χ1) is 14.1. The molecule has 3 rings (SSSR count). The molecule has 1 heterocycles. The Labute approximate surface area is 170 Å². The molecule has 0 saturated heterocycles. The standard InChI is InChI=1S/C22H25NO6/c1-6-23-22(24)16-9-13-7-8-15(25-2)12-17(13)29-20(16)14-10-18(26-3)21(28-5)19(11-14)27-4/h7-12,20H,6H2,1-5H3,(H,23,24). The maximum absolute atomic E-state index is 12.8. The lowest BCUT2D eigenvalue weighted by atomic mass is 9.94. The summed E-state index contributed by atoms with van der Waals surface area (Å²) in [6.07, 6.45) is 1.17. The Balaban J connectivity index is 2.14. The average molecular weight is 399 g/mol. The van der Waals surface area contributed by atoms with Crippen LogP contribution in [0, 0.1) is 0 Å². The van der Waals surface area contributed by atoms with Crippen LogP contribution in [0.15, 0.2) is 35.9 Å². The Morgan fingerprint density at radius 1 is 1.00 bits per heavy atom. The monoisotopic (exact) mass is 399 g/mol. The largest absolute Gasteiger partial charge is 0.497 e. The number of likely N-dealkylation sites (N-methyl/N-ethyl adjacent to an activating group) is 1. The lowest BCUT2D eigenvalue weighted by Gasteiger charge is -2.28. The molecule has 1 aliphatic rings. The third-order valence-corrected chi connectivity index (χ3v) is 4.65. The van der Waals surface area contributed by atoms with E-state index in [1.807, 2.05) is 25.1 Å². The first-order valence-corrected chi connectivity index (χ1v) is 9.20. The molecule has 0 spiro atoms. The van der Waals surface area contributed by atoms with Gasteiger partial charge in [0.2, 0.25) is 5.75 Å². The van der Waals surface area contributed by atoms with Crippen molar-refractivity contribution in [2.24, 2.45) is 0 Å². The van der Waals surface area contributed by atoms with Gasteiger partial charge in [0, 0.05) is 23.7 Å². The second kappa shape index (κ2) is 8.77. The van der Waals surface area contributed by atoms with Crippen LogP contribution in [0.2, 0.25) is 0 Å². The van der Waals surface area contributed by atoms with Gasteiger partial charge in [-0.2, -0.15) is 0 Å². The summed E-state index contributed by atoms with van der Waals surface area (Å²) in [4.78, 5) is 12.8. The van der Waals surface area contributed by atoms with Gasteiger partial charge < -0.3 is 29.0 Å². The number of benzene rings is 2. The van der Waals surface area contributed by atoms with Crippen molar-refractivity contribution >= 4 is 12.0 Å². The van der Waals surface area contributed by atoms with Crippen LogP contribution in [0.3, 0.4) is 0 Å². The van der Waals surface area contributed by atoms with E-state index in [2.05, 4.69) is 5.32 Å². The van der Waals surface area contributed by atoms with Gasteiger partial charge in [0.15, 0.2) is 17.6 Å². The molecule has 0 saturated carbocycles. The summed E-state index contributed by atoms with van der Waals surface area (Å²) in [6.45, 7) is 2.38. The fraction of sp³-hybridized carbons (Fsp3) is 0.318. The quantitative estimate of drug-likeness (QED) is 0.769. The molecule has 0 bridgehead atoms. The number of carbonyl (C=O) groups excluding carboxylic acids is 1. The summed E-state index contributed by atoms with van der Waals surface area (Å²) in [7, 11) is 6.23. The summed E-state index contributed by atoms with van der Waals surface area (Å²) < 4.78 is 27.9. The number of fused-ring (bicyclic) bond motifs is 1. The Morgan fingerprint density at radius 3 is 2.24 bits per heavy atom. The van der Waals surface area contributed by atoms with Crippen LogP contribution >= 0.6 is 0 Å². The lowest BCUT2D eigenvalue weighted by Crippen LogP contribution is -2.30. The Hall–Kier alpha value is -3.35. The summed E-state index contributed by atoms with van der Waals surface area (Å²) in [5.74, 6) is 2.53. The number of carbonyl (C=O) groups is 1. The van der Waals surface area contributed by atoms with Crippen LogP contribution in [-0.4, -0.2) is 40.9 Å². The Morgan fingerprint density at radius 2 is 1.69 bits per heavy atom. The maximum atomic E-state index is 12.8. The van der Waals surface area contributed by atoms with Gasteiger partial charge in [-0.1, -0.05) is 0 Å². The average Bonchev–Trinajstić information content (AvgIpc) is 2.76. The number of methoxy groups -OCH3 is 4. The van der Waals surface area contributed by atoms with Crippen LogP contribution in [0.4, 0.5) is 0 Å². The predicted octanol–water partition coefficient (Wildman–Crippen LogP) is 3.37. The summed E-state index contributed by atoms with van der Waals surface area (Å²) in [5.41, 5.74) is 1.99. The molecule has 154 valence electrons. The van der Waals surface area contributed by atoms with Gasteiger partial charge >= 0.3 is 0 Å². The smallest absolute Gasteiger partial charge is 0.251 e. The van der Waals surface area contributed by atoms with E-state index in [4.69, 9.17) is 23.7 Å². The second-order valence-corrected chi connectivity index (χ2v) is 6.32. The zero-order valence-electron chi connectivity index (χ0n) is 17.2. The van der Waals surface area contributed by atoms with Crippen molar-refractivity contribution in [2.75, 3.05) is 35.0 Å². The molecule has 1 atom stereocenters. The van der Waals surface area contributed by atoms with Gasteiger partial charge in [-0.3, -0.25) is 4.79 Å². The van der Waals surface area contributed by atoms with Crippen LogP contribution < -0.4 is 29.0 Å². The summed E-state index contributed by atoms with van der Waals surface area (Å²) in [6, 6.07) is 9.05. The van der Waals surface area contributed by atoms with Crippen molar-refractivity contribution in [3.8, 4) is 28.7 Å². The second-order valence-electron chi connectivity index (χ2n) is 6.32. The van der Waals surface area contributed by atoms with Crippen molar-refractivity contribution in [3.63, 3.8) is 0 Å². The Bertz CT molecular complexity index is 912. The third-order valence-electron chi connectivity index (χ3n) is 4.65. The molecule has 0 aromatic heterocycles. The molecule has 0 aliphatic carbocycles. The lowest BCUT2D eigenvalue weighted by molar-refractivity contribution is -0.118. The number of rotatable bonds is 7. The molecule has 29 heavy (non-hydrogen) atoms. The van der Waals surface area contributed by atoms with Gasteiger partial charge in [-0.05, 0) is 37.3 Å². The van der Waals surface area contributed by atoms with Crippen LogP contribution in [-0.2, 0) is 4.79 Å².